The third-order valence-corrected chi connectivity index (χ3v) is 4.90. The average molecular weight is 278 g/mol. The van der Waals surface area contributed by atoms with Gasteiger partial charge in [0.05, 0.1) is 5.71 Å². The zero-order valence-corrected chi connectivity index (χ0v) is 12.4. The van der Waals surface area contributed by atoms with Crippen LogP contribution in [0.4, 0.5) is 4.79 Å². The summed E-state index contributed by atoms with van der Waals surface area (Å²) >= 11 is 0. The Labute approximate surface area is 119 Å². The van der Waals surface area contributed by atoms with Crippen LogP contribution in [0.15, 0.2) is 5.16 Å². The van der Waals surface area contributed by atoms with E-state index < -0.39 is 5.60 Å². The molecule has 1 spiro atoms. The van der Waals surface area contributed by atoms with Crippen molar-refractivity contribution in [3.05, 3.63) is 0 Å². The zero-order chi connectivity index (χ0) is 14.1. The van der Waals surface area contributed by atoms with Crippen molar-refractivity contribution in [1.29, 1.82) is 0 Å². The molecule has 20 heavy (non-hydrogen) atoms. The van der Waals surface area contributed by atoms with Crippen LogP contribution in [-0.4, -0.2) is 41.0 Å². The molecule has 2 saturated carbocycles. The Balaban J connectivity index is 1.32. The summed E-state index contributed by atoms with van der Waals surface area (Å²) in [6, 6.07) is 0. The first-order valence-electron chi connectivity index (χ1n) is 7.60. The minimum Gasteiger partial charge on any atom is -0.444 e. The highest BCUT2D eigenvalue weighted by Crippen LogP contribution is 2.57. The van der Waals surface area contributed by atoms with Crippen molar-refractivity contribution in [3.8, 4) is 0 Å². The fraction of sp³-hybridized carbons (Fsp3) is 0.867. The van der Waals surface area contributed by atoms with Crippen LogP contribution in [0.1, 0.15) is 40.0 Å². The molecule has 4 rings (SSSR count). The van der Waals surface area contributed by atoms with Crippen molar-refractivity contribution < 1.29 is 14.4 Å². The largest absolute Gasteiger partial charge is 0.444 e. The summed E-state index contributed by atoms with van der Waals surface area (Å²) in [6.45, 7) is 7.35. The first-order valence-corrected chi connectivity index (χ1v) is 7.60. The number of nitrogens with zero attached hydrogens (tertiary/aromatic N) is 2. The van der Waals surface area contributed by atoms with E-state index >= 15 is 0 Å². The number of amides is 1. The predicted molar refractivity (Wildman–Crippen MR) is 73.4 cm³/mol. The van der Waals surface area contributed by atoms with Gasteiger partial charge in [0.1, 0.15) is 11.2 Å². The van der Waals surface area contributed by atoms with Gasteiger partial charge in [-0.3, -0.25) is 0 Å². The van der Waals surface area contributed by atoms with Crippen LogP contribution < -0.4 is 0 Å². The number of carbonyl (C=O) groups excluding carboxylic acids is 1. The number of likely N-dealkylation sites (tertiary alicyclic amines) is 1. The number of hydrogen-bond donors (Lipinski definition) is 0. The number of fused-ring (bicyclic) bond motifs is 1. The van der Waals surface area contributed by atoms with Gasteiger partial charge in [0.25, 0.3) is 0 Å². The van der Waals surface area contributed by atoms with E-state index in [-0.39, 0.29) is 11.7 Å². The van der Waals surface area contributed by atoms with Crippen LogP contribution in [0.3, 0.4) is 0 Å². The maximum absolute atomic E-state index is 12.0. The second kappa shape index (κ2) is 3.68. The maximum Gasteiger partial charge on any atom is 0.410 e. The lowest BCUT2D eigenvalue weighted by atomic mass is 10.1. The molecule has 0 aromatic carbocycles. The minimum absolute atomic E-state index is 0.0943. The number of carbonyl (C=O) groups is 1. The Kier molecular flexibility index (Phi) is 2.30. The molecule has 2 unspecified atom stereocenters. The SMILES string of the molecule is CC(C)(C)OC(=O)N1CC2C(C1)C2C1=NOC2(CC2)C1. The Bertz CT molecular complexity index is 478. The van der Waals surface area contributed by atoms with Gasteiger partial charge < -0.3 is 14.5 Å². The van der Waals surface area contributed by atoms with Gasteiger partial charge in [-0.25, -0.2) is 4.79 Å². The van der Waals surface area contributed by atoms with E-state index in [1.807, 2.05) is 25.7 Å². The molecule has 110 valence electrons. The molecular weight excluding hydrogens is 256 g/mol. The minimum atomic E-state index is -0.412. The average Bonchev–Trinajstić information content (AvgIpc) is 3.11. The van der Waals surface area contributed by atoms with Crippen LogP contribution in [0, 0.1) is 17.8 Å². The lowest BCUT2D eigenvalue weighted by Gasteiger charge is -2.25. The smallest absolute Gasteiger partial charge is 0.410 e. The fourth-order valence-electron chi connectivity index (χ4n) is 3.63. The van der Waals surface area contributed by atoms with E-state index in [2.05, 4.69) is 5.16 Å². The quantitative estimate of drug-likeness (QED) is 0.740. The number of oxime groups is 1. The molecule has 5 nitrogen and oxygen atoms in total. The summed E-state index contributed by atoms with van der Waals surface area (Å²) in [6.07, 6.45) is 3.17. The fourth-order valence-corrected chi connectivity index (χ4v) is 3.63. The molecule has 2 aliphatic heterocycles. The van der Waals surface area contributed by atoms with E-state index in [1.165, 1.54) is 5.71 Å². The lowest BCUT2D eigenvalue weighted by molar-refractivity contribution is 0.0270. The molecule has 2 heterocycles. The molecule has 0 aromatic rings. The highest BCUT2D eigenvalue weighted by molar-refractivity contribution is 5.92. The molecular formula is C15H22N2O3. The third kappa shape index (κ3) is 1.98. The summed E-state index contributed by atoms with van der Waals surface area (Å²) in [5.74, 6) is 1.73. The van der Waals surface area contributed by atoms with E-state index in [0.29, 0.717) is 17.8 Å². The van der Waals surface area contributed by atoms with Crippen molar-refractivity contribution >= 4 is 11.8 Å². The van der Waals surface area contributed by atoms with Crippen molar-refractivity contribution in [2.45, 2.75) is 51.2 Å². The van der Waals surface area contributed by atoms with Gasteiger partial charge in [-0.2, -0.15) is 0 Å². The molecule has 2 aliphatic carbocycles. The van der Waals surface area contributed by atoms with Crippen molar-refractivity contribution in [2.24, 2.45) is 22.9 Å². The highest BCUT2D eigenvalue weighted by atomic mass is 16.7. The van der Waals surface area contributed by atoms with E-state index in [0.717, 1.165) is 32.4 Å². The number of rotatable bonds is 1. The van der Waals surface area contributed by atoms with Crippen LogP contribution in [0.25, 0.3) is 0 Å². The van der Waals surface area contributed by atoms with Gasteiger partial charge in [0.15, 0.2) is 0 Å². The molecule has 1 saturated heterocycles. The first-order chi connectivity index (χ1) is 9.37. The summed E-state index contributed by atoms with van der Waals surface area (Å²) in [7, 11) is 0. The molecule has 4 aliphatic rings. The number of ether oxygens (including phenoxy) is 1. The highest BCUT2D eigenvalue weighted by Gasteiger charge is 2.63. The molecule has 0 N–H and O–H groups in total. The molecule has 0 bridgehead atoms. The molecule has 3 fully saturated rings. The number of hydrogen-bond acceptors (Lipinski definition) is 4. The van der Waals surface area contributed by atoms with Gasteiger partial charge in [-0.15, -0.1) is 0 Å². The Morgan fingerprint density at radius 1 is 1.35 bits per heavy atom. The summed E-state index contributed by atoms with van der Waals surface area (Å²) < 4.78 is 5.43. The normalized spacial score (nSPS) is 36.5. The topological polar surface area (TPSA) is 51.1 Å². The molecule has 0 radical (unpaired) electrons. The van der Waals surface area contributed by atoms with Gasteiger partial charge in [0.2, 0.25) is 0 Å². The van der Waals surface area contributed by atoms with Crippen molar-refractivity contribution in [3.63, 3.8) is 0 Å². The van der Waals surface area contributed by atoms with Gasteiger partial charge in [0, 0.05) is 25.4 Å². The lowest BCUT2D eigenvalue weighted by Crippen LogP contribution is -2.37. The van der Waals surface area contributed by atoms with Crippen molar-refractivity contribution in [2.75, 3.05) is 13.1 Å². The van der Waals surface area contributed by atoms with E-state index in [9.17, 15) is 4.79 Å². The monoisotopic (exact) mass is 278 g/mol. The van der Waals surface area contributed by atoms with Crippen LogP contribution in [0.5, 0.6) is 0 Å². The summed E-state index contributed by atoms with van der Waals surface area (Å²) in [5.41, 5.74) is 0.934. The molecule has 1 amide bonds. The standard InChI is InChI=1S/C15H22N2O3/c1-14(2,3)19-13(18)17-7-9-10(8-17)12(9)11-6-15(4-5-15)20-16-11/h9-10,12H,4-8H2,1-3H3. The molecule has 2 atom stereocenters. The van der Waals surface area contributed by atoms with Crippen LogP contribution >= 0.6 is 0 Å². The molecule has 0 aromatic heterocycles. The predicted octanol–water partition coefficient (Wildman–Crippen LogP) is 2.41. The second-order valence-electron chi connectivity index (χ2n) is 7.77. The Hall–Kier alpha value is -1.26. The third-order valence-electron chi connectivity index (χ3n) is 4.90. The van der Waals surface area contributed by atoms with Crippen LogP contribution in [-0.2, 0) is 9.57 Å². The first kappa shape index (κ1) is 12.5. The van der Waals surface area contributed by atoms with Crippen molar-refractivity contribution in [1.82, 2.24) is 4.90 Å². The number of piperidine rings is 1. The van der Waals surface area contributed by atoms with Gasteiger partial charge in [-0.05, 0) is 45.4 Å². The Morgan fingerprint density at radius 3 is 2.50 bits per heavy atom. The second-order valence-corrected chi connectivity index (χ2v) is 7.77. The van der Waals surface area contributed by atoms with E-state index in [4.69, 9.17) is 9.57 Å². The zero-order valence-electron chi connectivity index (χ0n) is 12.4. The van der Waals surface area contributed by atoms with Gasteiger partial charge >= 0.3 is 6.09 Å². The Morgan fingerprint density at radius 2 is 2.00 bits per heavy atom. The van der Waals surface area contributed by atoms with Gasteiger partial charge in [-0.1, -0.05) is 5.16 Å². The summed E-state index contributed by atoms with van der Waals surface area (Å²) in [5, 5.41) is 4.31. The summed E-state index contributed by atoms with van der Waals surface area (Å²) in [4.78, 5) is 19.4. The van der Waals surface area contributed by atoms with Crippen LogP contribution in [0.2, 0.25) is 0 Å². The maximum atomic E-state index is 12.0. The molecule has 5 heteroatoms. The van der Waals surface area contributed by atoms with E-state index in [1.54, 1.807) is 0 Å².